The molecule has 1 heterocycles. The molecule has 1 aliphatic heterocycles. The number of carboxylic acids is 1. The van der Waals surface area contributed by atoms with Crippen LogP contribution in [-0.4, -0.2) is 36.2 Å². The lowest BCUT2D eigenvalue weighted by Gasteiger charge is -2.22. The Hall–Kier alpha value is -1.10. The fraction of sp³-hybridized carbons (Fsp3) is 0.818. The Morgan fingerprint density at radius 3 is 2.81 bits per heavy atom. The molecule has 1 fully saturated rings. The summed E-state index contributed by atoms with van der Waals surface area (Å²) in [5.41, 5.74) is 0. The molecule has 0 radical (unpaired) electrons. The van der Waals surface area contributed by atoms with Gasteiger partial charge in [0.05, 0.1) is 0 Å². The standard InChI is InChI=1S/C11H19NO4/c1-8(6-10(13)14)7-12-11(15)9-4-2-3-5-16-9/h8-9H,2-7H2,1H3,(H,12,15)(H,13,14). The van der Waals surface area contributed by atoms with Crippen LogP contribution < -0.4 is 5.32 Å². The van der Waals surface area contributed by atoms with Crippen molar-refractivity contribution in [2.24, 2.45) is 5.92 Å². The largest absolute Gasteiger partial charge is 0.481 e. The van der Waals surface area contributed by atoms with Crippen molar-refractivity contribution in [2.45, 2.75) is 38.7 Å². The smallest absolute Gasteiger partial charge is 0.303 e. The highest BCUT2D eigenvalue weighted by Gasteiger charge is 2.22. The van der Waals surface area contributed by atoms with E-state index < -0.39 is 5.97 Å². The second kappa shape index (κ2) is 6.48. The lowest BCUT2D eigenvalue weighted by molar-refractivity contribution is -0.139. The molecular formula is C11H19NO4. The van der Waals surface area contributed by atoms with Gasteiger partial charge in [-0.2, -0.15) is 0 Å². The van der Waals surface area contributed by atoms with Crippen LogP contribution in [0.15, 0.2) is 0 Å². The molecule has 16 heavy (non-hydrogen) atoms. The van der Waals surface area contributed by atoms with Crippen molar-refractivity contribution in [2.75, 3.05) is 13.2 Å². The average molecular weight is 229 g/mol. The third-order valence-corrected chi connectivity index (χ3v) is 2.62. The first kappa shape index (κ1) is 13.0. The summed E-state index contributed by atoms with van der Waals surface area (Å²) in [7, 11) is 0. The van der Waals surface area contributed by atoms with E-state index in [4.69, 9.17) is 9.84 Å². The maximum Gasteiger partial charge on any atom is 0.303 e. The monoisotopic (exact) mass is 229 g/mol. The molecule has 0 saturated carbocycles. The minimum Gasteiger partial charge on any atom is -0.481 e. The number of rotatable bonds is 5. The highest BCUT2D eigenvalue weighted by atomic mass is 16.5. The number of nitrogens with one attached hydrogen (secondary N) is 1. The summed E-state index contributed by atoms with van der Waals surface area (Å²) in [5.74, 6) is -1.00. The third-order valence-electron chi connectivity index (χ3n) is 2.62. The van der Waals surface area contributed by atoms with Gasteiger partial charge in [-0.15, -0.1) is 0 Å². The van der Waals surface area contributed by atoms with Crippen molar-refractivity contribution < 1.29 is 19.4 Å². The average Bonchev–Trinajstić information content (AvgIpc) is 2.26. The fourth-order valence-electron chi connectivity index (χ4n) is 1.71. The van der Waals surface area contributed by atoms with Gasteiger partial charge in [0, 0.05) is 19.6 Å². The number of aliphatic carboxylic acids is 1. The van der Waals surface area contributed by atoms with E-state index >= 15 is 0 Å². The minimum absolute atomic E-state index is 0.0509. The van der Waals surface area contributed by atoms with E-state index in [1.165, 1.54) is 0 Å². The molecule has 0 aromatic heterocycles. The maximum atomic E-state index is 11.6. The van der Waals surface area contributed by atoms with Gasteiger partial charge in [-0.3, -0.25) is 9.59 Å². The van der Waals surface area contributed by atoms with Gasteiger partial charge in [-0.25, -0.2) is 0 Å². The van der Waals surface area contributed by atoms with Crippen molar-refractivity contribution in [1.29, 1.82) is 0 Å². The molecule has 0 bridgehead atoms. The molecule has 1 aliphatic rings. The summed E-state index contributed by atoms with van der Waals surface area (Å²) in [6, 6.07) is 0. The summed E-state index contributed by atoms with van der Waals surface area (Å²) in [6.45, 7) is 2.84. The number of hydrogen-bond acceptors (Lipinski definition) is 3. The van der Waals surface area contributed by atoms with Crippen LogP contribution in [0.2, 0.25) is 0 Å². The molecule has 2 N–H and O–H groups in total. The number of carboxylic acid groups (broad SMARTS) is 1. The van der Waals surface area contributed by atoms with Gasteiger partial charge < -0.3 is 15.2 Å². The maximum absolute atomic E-state index is 11.6. The van der Waals surface area contributed by atoms with Crippen molar-refractivity contribution in [1.82, 2.24) is 5.32 Å². The van der Waals surface area contributed by atoms with E-state index in [-0.39, 0.29) is 24.3 Å². The molecule has 1 amide bonds. The Bertz CT molecular complexity index is 248. The normalized spacial score (nSPS) is 22.4. The van der Waals surface area contributed by atoms with E-state index in [9.17, 15) is 9.59 Å². The zero-order valence-electron chi connectivity index (χ0n) is 9.57. The molecule has 2 atom stereocenters. The number of carbonyl (C=O) groups excluding carboxylic acids is 1. The Morgan fingerprint density at radius 2 is 2.25 bits per heavy atom. The molecule has 0 spiro atoms. The molecule has 2 unspecified atom stereocenters. The van der Waals surface area contributed by atoms with E-state index in [1.807, 2.05) is 0 Å². The first-order valence-corrected chi connectivity index (χ1v) is 5.70. The highest BCUT2D eigenvalue weighted by Crippen LogP contribution is 2.12. The first-order chi connectivity index (χ1) is 7.59. The van der Waals surface area contributed by atoms with Crippen LogP contribution >= 0.6 is 0 Å². The number of carbonyl (C=O) groups is 2. The van der Waals surface area contributed by atoms with E-state index in [0.717, 1.165) is 19.3 Å². The van der Waals surface area contributed by atoms with Gasteiger partial charge in [0.15, 0.2) is 0 Å². The van der Waals surface area contributed by atoms with Gasteiger partial charge in [-0.05, 0) is 25.2 Å². The number of amides is 1. The van der Waals surface area contributed by atoms with Crippen LogP contribution in [0.4, 0.5) is 0 Å². The van der Waals surface area contributed by atoms with Crippen LogP contribution in [0.1, 0.15) is 32.6 Å². The molecule has 5 nitrogen and oxygen atoms in total. The van der Waals surface area contributed by atoms with Crippen LogP contribution in [0.3, 0.4) is 0 Å². The second-order valence-corrected chi connectivity index (χ2v) is 4.30. The zero-order valence-corrected chi connectivity index (χ0v) is 9.57. The fourth-order valence-corrected chi connectivity index (χ4v) is 1.71. The molecule has 5 heteroatoms. The van der Waals surface area contributed by atoms with Crippen molar-refractivity contribution in [3.8, 4) is 0 Å². The minimum atomic E-state index is -0.837. The van der Waals surface area contributed by atoms with Crippen molar-refractivity contribution >= 4 is 11.9 Å². The van der Waals surface area contributed by atoms with Crippen molar-refractivity contribution in [3.05, 3.63) is 0 Å². The second-order valence-electron chi connectivity index (χ2n) is 4.30. The van der Waals surface area contributed by atoms with Gasteiger partial charge in [-0.1, -0.05) is 6.92 Å². The van der Waals surface area contributed by atoms with Gasteiger partial charge in [0.25, 0.3) is 0 Å². The SMILES string of the molecule is CC(CNC(=O)C1CCCCO1)CC(=O)O. The van der Waals surface area contributed by atoms with Gasteiger partial charge in [0.1, 0.15) is 6.10 Å². The van der Waals surface area contributed by atoms with E-state index in [1.54, 1.807) is 6.92 Å². The lowest BCUT2D eigenvalue weighted by atomic mass is 10.1. The molecule has 1 rings (SSSR count). The third kappa shape index (κ3) is 4.61. The zero-order chi connectivity index (χ0) is 12.0. The molecule has 0 aromatic carbocycles. The predicted molar refractivity (Wildman–Crippen MR) is 58.0 cm³/mol. The summed E-state index contributed by atoms with van der Waals surface area (Å²) in [5, 5.41) is 11.3. The Labute approximate surface area is 95.2 Å². The van der Waals surface area contributed by atoms with E-state index in [2.05, 4.69) is 5.32 Å². The number of ether oxygens (including phenoxy) is 1. The van der Waals surface area contributed by atoms with Gasteiger partial charge >= 0.3 is 5.97 Å². The highest BCUT2D eigenvalue weighted by molar-refractivity contribution is 5.80. The summed E-state index contributed by atoms with van der Waals surface area (Å²) in [4.78, 5) is 22.0. The van der Waals surface area contributed by atoms with Gasteiger partial charge in [0.2, 0.25) is 5.91 Å². The van der Waals surface area contributed by atoms with Crippen LogP contribution in [0, 0.1) is 5.92 Å². The van der Waals surface area contributed by atoms with Crippen LogP contribution in [-0.2, 0) is 14.3 Å². The van der Waals surface area contributed by atoms with Crippen LogP contribution in [0.5, 0.6) is 0 Å². The quantitative estimate of drug-likeness (QED) is 0.730. The Morgan fingerprint density at radius 1 is 1.50 bits per heavy atom. The van der Waals surface area contributed by atoms with Crippen LogP contribution in [0.25, 0.3) is 0 Å². The molecule has 0 aliphatic carbocycles. The number of hydrogen-bond donors (Lipinski definition) is 2. The Kier molecular flexibility index (Phi) is 5.25. The Balaban J connectivity index is 2.20. The molecule has 92 valence electrons. The summed E-state index contributed by atoms with van der Waals surface area (Å²) < 4.78 is 5.32. The molecular weight excluding hydrogens is 210 g/mol. The topological polar surface area (TPSA) is 75.6 Å². The molecule has 0 aromatic rings. The van der Waals surface area contributed by atoms with E-state index in [0.29, 0.717) is 13.2 Å². The lowest BCUT2D eigenvalue weighted by Crippen LogP contribution is -2.40. The summed E-state index contributed by atoms with van der Waals surface area (Å²) in [6.07, 6.45) is 2.53. The predicted octanol–water partition coefficient (Wildman–Crippen LogP) is 0.782. The summed E-state index contributed by atoms with van der Waals surface area (Å²) >= 11 is 0. The molecule has 1 saturated heterocycles. The van der Waals surface area contributed by atoms with Crippen molar-refractivity contribution in [3.63, 3.8) is 0 Å². The first-order valence-electron chi connectivity index (χ1n) is 5.70.